The van der Waals surface area contributed by atoms with Crippen LogP contribution in [-0.2, 0) is 11.2 Å². The molecule has 6 fully saturated rings. The fourth-order valence-corrected chi connectivity index (χ4v) is 9.56. The molecule has 2 saturated heterocycles. The van der Waals surface area contributed by atoms with Crippen molar-refractivity contribution >= 4 is 51.9 Å². The second kappa shape index (κ2) is 11.0. The van der Waals surface area contributed by atoms with Crippen LogP contribution in [0.2, 0.25) is 5.02 Å². The Labute approximate surface area is 245 Å². The van der Waals surface area contributed by atoms with E-state index in [1.807, 2.05) is 35.2 Å². The second-order valence-electron chi connectivity index (χ2n) is 12.2. The minimum Gasteiger partial charge on any atom is -0.456 e. The molecule has 2 aromatic rings. The summed E-state index contributed by atoms with van der Waals surface area (Å²) in [4.78, 5) is 19.1. The smallest absolute Gasteiger partial charge is 0.266 e. The van der Waals surface area contributed by atoms with Crippen molar-refractivity contribution < 1.29 is 9.21 Å². The quantitative estimate of drug-likeness (QED) is 0.299. The third kappa shape index (κ3) is 5.26. The van der Waals surface area contributed by atoms with E-state index in [0.717, 1.165) is 84.4 Å². The Bertz CT molecular complexity index is 1260. The number of halogens is 1. The number of furan rings is 1. The Morgan fingerprint density at radius 2 is 1.74 bits per heavy atom. The summed E-state index contributed by atoms with van der Waals surface area (Å²) >= 11 is 13.5. The minimum absolute atomic E-state index is 0.0821. The van der Waals surface area contributed by atoms with Gasteiger partial charge in [-0.3, -0.25) is 9.69 Å². The summed E-state index contributed by atoms with van der Waals surface area (Å²) in [6.45, 7) is 5.38. The molecule has 2 aliphatic heterocycles. The highest BCUT2D eigenvalue weighted by molar-refractivity contribution is 8.26. The number of carbonyl (C=O) groups excluding carboxylic acids is 1. The highest BCUT2D eigenvalue weighted by Gasteiger charge is 2.53. The lowest BCUT2D eigenvalue weighted by Crippen LogP contribution is -2.57. The molecule has 1 aromatic carbocycles. The minimum atomic E-state index is 0.0821. The zero-order valence-corrected chi connectivity index (χ0v) is 24.6. The SMILES string of the molecule is O=C1C(=Cc2oc(-c3ccc(Cl)cc3)cc2CCCN2CCNCC2)SC(=S)N1C1C2CC3CC(C2)CC1C3. The van der Waals surface area contributed by atoms with Crippen LogP contribution >= 0.6 is 35.6 Å². The van der Waals surface area contributed by atoms with Gasteiger partial charge < -0.3 is 14.6 Å². The van der Waals surface area contributed by atoms with Crippen molar-refractivity contribution in [2.24, 2.45) is 23.7 Å². The summed E-state index contributed by atoms with van der Waals surface area (Å²) in [5.74, 6) is 4.65. The second-order valence-corrected chi connectivity index (χ2v) is 14.3. The Morgan fingerprint density at radius 3 is 2.44 bits per heavy atom. The van der Waals surface area contributed by atoms with E-state index in [9.17, 15) is 4.79 Å². The van der Waals surface area contributed by atoms with Gasteiger partial charge in [0, 0.05) is 48.9 Å². The third-order valence-electron chi connectivity index (χ3n) is 9.66. The van der Waals surface area contributed by atoms with Crippen LogP contribution < -0.4 is 5.32 Å². The van der Waals surface area contributed by atoms with E-state index >= 15 is 0 Å². The van der Waals surface area contributed by atoms with E-state index in [1.165, 1.54) is 43.9 Å². The first-order chi connectivity index (χ1) is 19.0. The first kappa shape index (κ1) is 26.3. The van der Waals surface area contributed by atoms with E-state index in [-0.39, 0.29) is 11.9 Å². The van der Waals surface area contributed by atoms with E-state index in [2.05, 4.69) is 16.3 Å². The normalized spacial score (nSPS) is 31.7. The van der Waals surface area contributed by atoms with Gasteiger partial charge in [0.1, 0.15) is 15.8 Å². The molecule has 4 saturated carbocycles. The first-order valence-corrected chi connectivity index (χ1v) is 16.2. The third-order valence-corrected chi connectivity index (χ3v) is 11.2. The molecule has 0 unspecified atom stereocenters. The summed E-state index contributed by atoms with van der Waals surface area (Å²) in [7, 11) is 0. The van der Waals surface area contributed by atoms with Crippen LogP contribution in [0.1, 0.15) is 49.8 Å². The zero-order valence-electron chi connectivity index (χ0n) is 22.2. The number of nitrogens with zero attached hydrogens (tertiary/aromatic N) is 2. The van der Waals surface area contributed by atoms with Gasteiger partial charge in [-0.2, -0.15) is 0 Å². The molecular weight excluding hydrogens is 546 g/mol. The van der Waals surface area contributed by atoms with Crippen molar-refractivity contribution in [3.05, 3.63) is 51.6 Å². The van der Waals surface area contributed by atoms with Crippen molar-refractivity contribution in [2.45, 2.75) is 51.0 Å². The number of rotatable bonds is 7. The largest absolute Gasteiger partial charge is 0.456 e. The van der Waals surface area contributed by atoms with E-state index in [0.29, 0.717) is 21.8 Å². The highest BCUT2D eigenvalue weighted by atomic mass is 35.5. The number of carbonyl (C=O) groups is 1. The lowest BCUT2D eigenvalue weighted by Gasteiger charge is -2.56. The molecule has 39 heavy (non-hydrogen) atoms. The van der Waals surface area contributed by atoms with Gasteiger partial charge in [0.2, 0.25) is 0 Å². The van der Waals surface area contributed by atoms with Crippen molar-refractivity contribution in [3.8, 4) is 11.3 Å². The Balaban J connectivity index is 1.14. The molecule has 3 heterocycles. The maximum Gasteiger partial charge on any atom is 0.266 e. The van der Waals surface area contributed by atoms with Gasteiger partial charge in [-0.25, -0.2) is 0 Å². The van der Waals surface area contributed by atoms with Gasteiger partial charge in [-0.05, 0) is 111 Å². The molecule has 5 nitrogen and oxygen atoms in total. The van der Waals surface area contributed by atoms with E-state index in [4.69, 9.17) is 28.2 Å². The molecule has 1 N–H and O–H groups in total. The zero-order chi connectivity index (χ0) is 26.5. The average molecular weight is 582 g/mol. The highest BCUT2D eigenvalue weighted by Crippen LogP contribution is 2.56. The molecule has 4 bridgehead atoms. The van der Waals surface area contributed by atoms with Gasteiger partial charge in [0.25, 0.3) is 5.91 Å². The topological polar surface area (TPSA) is 48.7 Å². The number of thioether (sulfide) groups is 1. The monoisotopic (exact) mass is 581 g/mol. The number of aryl methyl sites for hydroxylation is 1. The number of nitrogens with one attached hydrogen (secondary N) is 1. The number of piperazine rings is 1. The van der Waals surface area contributed by atoms with Crippen LogP contribution in [0.3, 0.4) is 0 Å². The molecular formula is C31H36ClN3O2S2. The van der Waals surface area contributed by atoms with Crippen LogP contribution in [-0.4, -0.2) is 58.8 Å². The molecule has 4 aliphatic carbocycles. The van der Waals surface area contributed by atoms with Crippen molar-refractivity contribution in [2.75, 3.05) is 32.7 Å². The molecule has 0 radical (unpaired) electrons. The fraction of sp³-hybridized carbons (Fsp3) is 0.548. The van der Waals surface area contributed by atoms with Gasteiger partial charge in [0.15, 0.2) is 0 Å². The van der Waals surface area contributed by atoms with Gasteiger partial charge in [0.05, 0.1) is 4.91 Å². The number of hydrogen-bond acceptors (Lipinski definition) is 6. The van der Waals surface area contributed by atoms with E-state index in [1.54, 1.807) is 0 Å². The molecule has 1 amide bonds. The Morgan fingerprint density at radius 1 is 1.05 bits per heavy atom. The first-order valence-electron chi connectivity index (χ1n) is 14.6. The molecule has 206 valence electrons. The van der Waals surface area contributed by atoms with Gasteiger partial charge in [-0.15, -0.1) is 0 Å². The van der Waals surface area contributed by atoms with Crippen LogP contribution in [0, 0.1) is 23.7 Å². The molecule has 8 heteroatoms. The lowest BCUT2D eigenvalue weighted by molar-refractivity contribution is -0.130. The average Bonchev–Trinajstić information content (AvgIpc) is 3.45. The van der Waals surface area contributed by atoms with Crippen LogP contribution in [0.15, 0.2) is 39.7 Å². The standard InChI is InChI=1S/C31H36ClN3O2S2/c32-25-5-3-21(4-6-25)26-17-22(2-1-9-34-10-7-33-8-11-34)27(37-26)18-28-30(36)35(31(38)39-28)29-23-13-19-12-20(15-23)16-24(29)14-19/h3-6,17-20,23-24,29,33H,1-2,7-16H2. The molecule has 0 atom stereocenters. The van der Waals surface area contributed by atoms with Crippen molar-refractivity contribution in [3.63, 3.8) is 0 Å². The Kier molecular flexibility index (Phi) is 7.39. The number of benzene rings is 1. The Hall–Kier alpha value is -1.64. The molecule has 8 rings (SSSR count). The van der Waals surface area contributed by atoms with Crippen molar-refractivity contribution in [1.29, 1.82) is 0 Å². The summed E-state index contributed by atoms with van der Waals surface area (Å²) in [6.07, 6.45) is 10.4. The molecule has 0 spiro atoms. The number of hydrogen-bond donors (Lipinski definition) is 1. The van der Waals surface area contributed by atoms with Crippen LogP contribution in [0.25, 0.3) is 17.4 Å². The summed E-state index contributed by atoms with van der Waals surface area (Å²) in [5.41, 5.74) is 2.14. The van der Waals surface area contributed by atoms with E-state index < -0.39 is 0 Å². The summed E-state index contributed by atoms with van der Waals surface area (Å²) in [5, 5.41) is 4.13. The number of thiocarbonyl (C=S) groups is 1. The maximum atomic E-state index is 13.9. The van der Waals surface area contributed by atoms with Crippen LogP contribution in [0.5, 0.6) is 0 Å². The maximum absolute atomic E-state index is 13.9. The van der Waals surface area contributed by atoms with Gasteiger partial charge in [-0.1, -0.05) is 35.6 Å². The lowest BCUT2D eigenvalue weighted by atomic mass is 9.54. The van der Waals surface area contributed by atoms with Crippen LogP contribution in [0.4, 0.5) is 0 Å². The van der Waals surface area contributed by atoms with Gasteiger partial charge >= 0.3 is 0 Å². The summed E-state index contributed by atoms with van der Waals surface area (Å²) in [6, 6.07) is 10.2. The van der Waals surface area contributed by atoms with Crippen molar-refractivity contribution in [1.82, 2.24) is 15.1 Å². The summed E-state index contributed by atoms with van der Waals surface area (Å²) < 4.78 is 7.16. The predicted molar refractivity (Wildman–Crippen MR) is 163 cm³/mol. The molecule has 6 aliphatic rings. The molecule has 1 aromatic heterocycles. The fourth-order valence-electron chi connectivity index (χ4n) is 8.12. The predicted octanol–water partition coefficient (Wildman–Crippen LogP) is 6.46. The number of amides is 1.